The fraction of sp³-hybridized carbons (Fsp3) is 0.500. The Labute approximate surface area is 126 Å². The van der Waals surface area contributed by atoms with Crippen molar-refractivity contribution in [2.24, 2.45) is 11.1 Å². The van der Waals surface area contributed by atoms with Crippen LogP contribution in [0.25, 0.3) is 0 Å². The normalized spacial score (nSPS) is 19.1. The fourth-order valence-corrected chi connectivity index (χ4v) is 4.45. The van der Waals surface area contributed by atoms with Gasteiger partial charge in [-0.15, -0.1) is 0 Å². The Kier molecular flexibility index (Phi) is 3.92. The van der Waals surface area contributed by atoms with Crippen LogP contribution in [0.5, 0.6) is 0 Å². The van der Waals surface area contributed by atoms with E-state index in [-0.39, 0.29) is 10.4 Å². The quantitative estimate of drug-likeness (QED) is 0.868. The molecule has 110 valence electrons. The van der Waals surface area contributed by atoms with Gasteiger partial charge in [0, 0.05) is 18.7 Å². The maximum absolute atomic E-state index is 12.8. The van der Waals surface area contributed by atoms with Crippen LogP contribution < -0.4 is 5.73 Å². The first-order chi connectivity index (χ1) is 9.13. The second-order valence-electron chi connectivity index (χ2n) is 6.10. The molecule has 1 aromatic carbocycles. The Balaban J connectivity index is 2.45. The van der Waals surface area contributed by atoms with E-state index >= 15 is 0 Å². The van der Waals surface area contributed by atoms with Gasteiger partial charge >= 0.3 is 0 Å². The molecule has 1 saturated heterocycles. The zero-order chi connectivity index (χ0) is 15.1. The Hall–Kier alpha value is -0.980. The molecule has 0 spiro atoms. The summed E-state index contributed by atoms with van der Waals surface area (Å²) < 4.78 is 27.1. The highest BCUT2D eigenvalue weighted by atomic mass is 32.2. The van der Waals surface area contributed by atoms with E-state index in [4.69, 9.17) is 18.0 Å². The van der Waals surface area contributed by atoms with Gasteiger partial charge in [0.2, 0.25) is 10.0 Å². The number of benzene rings is 1. The van der Waals surface area contributed by atoms with Gasteiger partial charge in [-0.2, -0.15) is 4.31 Å². The summed E-state index contributed by atoms with van der Waals surface area (Å²) in [7, 11) is -3.48. The first kappa shape index (κ1) is 15.4. The van der Waals surface area contributed by atoms with Gasteiger partial charge in [0.15, 0.2) is 0 Å². The molecular weight excluding hydrogens is 292 g/mol. The lowest BCUT2D eigenvalue weighted by atomic mass is 9.93. The van der Waals surface area contributed by atoms with Gasteiger partial charge in [-0.05, 0) is 30.4 Å². The molecule has 4 nitrogen and oxygen atoms in total. The van der Waals surface area contributed by atoms with Crippen LogP contribution in [0.2, 0.25) is 0 Å². The standard InChI is InChI=1S/C14H20N2O2S2/c1-10-4-5-11(13(15)19)8-12(10)20(17,18)16-7-6-14(2,3)9-16/h4-5,8H,6-7,9H2,1-3H3,(H2,15,19). The molecule has 2 N–H and O–H groups in total. The molecule has 20 heavy (non-hydrogen) atoms. The first-order valence-electron chi connectivity index (χ1n) is 6.54. The number of thiocarbonyl (C=S) groups is 1. The topological polar surface area (TPSA) is 63.4 Å². The smallest absolute Gasteiger partial charge is 0.243 e. The summed E-state index contributed by atoms with van der Waals surface area (Å²) in [5.74, 6) is 0. The lowest BCUT2D eigenvalue weighted by Crippen LogP contribution is -2.31. The number of rotatable bonds is 3. The minimum Gasteiger partial charge on any atom is -0.389 e. The lowest BCUT2D eigenvalue weighted by molar-refractivity contribution is 0.375. The number of sulfonamides is 1. The molecular formula is C14H20N2O2S2. The van der Waals surface area contributed by atoms with Crippen molar-refractivity contribution in [3.05, 3.63) is 29.3 Å². The molecule has 0 bridgehead atoms. The van der Waals surface area contributed by atoms with Crippen LogP contribution in [0.1, 0.15) is 31.4 Å². The second-order valence-corrected chi connectivity index (χ2v) is 8.44. The van der Waals surface area contributed by atoms with Crippen LogP contribution in [0.15, 0.2) is 23.1 Å². The Morgan fingerprint density at radius 2 is 2.05 bits per heavy atom. The van der Waals surface area contributed by atoms with Crippen molar-refractivity contribution < 1.29 is 8.42 Å². The average Bonchev–Trinajstić information content (AvgIpc) is 2.70. The maximum Gasteiger partial charge on any atom is 0.243 e. The van der Waals surface area contributed by atoms with Crippen molar-refractivity contribution >= 4 is 27.2 Å². The summed E-state index contributed by atoms with van der Waals surface area (Å²) in [4.78, 5) is 0.517. The highest BCUT2D eigenvalue weighted by molar-refractivity contribution is 7.89. The van der Waals surface area contributed by atoms with Crippen molar-refractivity contribution in [2.75, 3.05) is 13.1 Å². The van der Waals surface area contributed by atoms with Gasteiger partial charge in [0.05, 0.1) is 4.90 Å². The molecule has 1 heterocycles. The zero-order valence-corrected chi connectivity index (χ0v) is 13.6. The Morgan fingerprint density at radius 3 is 2.55 bits per heavy atom. The predicted molar refractivity (Wildman–Crippen MR) is 84.2 cm³/mol. The van der Waals surface area contributed by atoms with Crippen LogP contribution in [-0.2, 0) is 10.0 Å². The van der Waals surface area contributed by atoms with Crippen LogP contribution in [-0.4, -0.2) is 30.8 Å². The van der Waals surface area contributed by atoms with E-state index in [0.29, 0.717) is 23.5 Å². The first-order valence-corrected chi connectivity index (χ1v) is 8.39. The van der Waals surface area contributed by atoms with Gasteiger partial charge in [-0.25, -0.2) is 8.42 Å². The molecule has 0 atom stereocenters. The Morgan fingerprint density at radius 1 is 1.40 bits per heavy atom. The minimum absolute atomic E-state index is 0.0295. The van der Waals surface area contributed by atoms with Crippen LogP contribution in [0, 0.1) is 12.3 Å². The van der Waals surface area contributed by atoms with Crippen LogP contribution in [0.3, 0.4) is 0 Å². The maximum atomic E-state index is 12.8. The molecule has 1 aliphatic heterocycles. The third-order valence-corrected chi connectivity index (χ3v) is 5.96. The predicted octanol–water partition coefficient (Wildman–Crippen LogP) is 2.05. The van der Waals surface area contributed by atoms with Crippen molar-refractivity contribution in [2.45, 2.75) is 32.1 Å². The van der Waals surface area contributed by atoms with Crippen molar-refractivity contribution in [3.8, 4) is 0 Å². The van der Waals surface area contributed by atoms with E-state index in [1.54, 1.807) is 29.4 Å². The molecule has 0 unspecified atom stereocenters. The van der Waals surface area contributed by atoms with Crippen LogP contribution in [0.4, 0.5) is 0 Å². The summed E-state index contributed by atoms with van der Waals surface area (Å²) in [6.07, 6.45) is 0.875. The van der Waals surface area contributed by atoms with Gasteiger partial charge < -0.3 is 5.73 Å². The second kappa shape index (κ2) is 5.09. The highest BCUT2D eigenvalue weighted by Crippen LogP contribution is 2.33. The average molecular weight is 312 g/mol. The molecule has 1 aliphatic rings. The van der Waals surface area contributed by atoms with Gasteiger partial charge in [-0.3, -0.25) is 0 Å². The van der Waals surface area contributed by atoms with E-state index < -0.39 is 10.0 Å². The number of nitrogens with zero attached hydrogens (tertiary/aromatic N) is 1. The third kappa shape index (κ3) is 2.87. The van der Waals surface area contributed by atoms with Gasteiger partial charge in [0.25, 0.3) is 0 Å². The van der Waals surface area contributed by atoms with E-state index in [0.717, 1.165) is 12.0 Å². The molecule has 0 aromatic heterocycles. The van der Waals surface area contributed by atoms with Crippen molar-refractivity contribution in [1.82, 2.24) is 4.31 Å². The molecule has 0 saturated carbocycles. The highest BCUT2D eigenvalue weighted by Gasteiger charge is 2.37. The molecule has 0 aliphatic carbocycles. The SMILES string of the molecule is Cc1ccc(C(N)=S)cc1S(=O)(=O)N1CCC(C)(C)C1. The molecule has 0 radical (unpaired) electrons. The number of aryl methyl sites for hydroxylation is 1. The summed E-state index contributed by atoms with van der Waals surface area (Å²) in [6, 6.07) is 5.09. The zero-order valence-electron chi connectivity index (χ0n) is 12.0. The molecule has 1 aromatic rings. The molecule has 2 rings (SSSR count). The monoisotopic (exact) mass is 312 g/mol. The molecule has 1 fully saturated rings. The van der Waals surface area contributed by atoms with E-state index in [1.165, 1.54) is 0 Å². The van der Waals surface area contributed by atoms with E-state index in [2.05, 4.69) is 13.8 Å². The fourth-order valence-electron chi connectivity index (χ4n) is 2.44. The molecule has 0 amide bonds. The van der Waals surface area contributed by atoms with E-state index in [9.17, 15) is 8.42 Å². The largest absolute Gasteiger partial charge is 0.389 e. The van der Waals surface area contributed by atoms with Crippen LogP contribution >= 0.6 is 12.2 Å². The minimum atomic E-state index is -3.48. The number of hydrogen-bond acceptors (Lipinski definition) is 3. The van der Waals surface area contributed by atoms with Crippen molar-refractivity contribution in [1.29, 1.82) is 0 Å². The summed E-state index contributed by atoms with van der Waals surface area (Å²) in [5, 5.41) is 0. The summed E-state index contributed by atoms with van der Waals surface area (Å²) in [6.45, 7) is 7.07. The van der Waals surface area contributed by atoms with Gasteiger partial charge in [0.1, 0.15) is 4.99 Å². The Bertz CT molecular complexity index is 651. The molecule has 6 heteroatoms. The van der Waals surface area contributed by atoms with Gasteiger partial charge in [-0.1, -0.05) is 38.2 Å². The number of nitrogens with two attached hydrogens (primary N) is 1. The summed E-state index contributed by atoms with van der Waals surface area (Å²) >= 11 is 4.93. The van der Waals surface area contributed by atoms with E-state index in [1.807, 2.05) is 0 Å². The lowest BCUT2D eigenvalue weighted by Gasteiger charge is -2.21. The number of hydrogen-bond donors (Lipinski definition) is 1. The summed E-state index contributed by atoms with van der Waals surface area (Å²) in [5.41, 5.74) is 6.93. The third-order valence-electron chi connectivity index (χ3n) is 3.73. The van der Waals surface area contributed by atoms with Crippen molar-refractivity contribution in [3.63, 3.8) is 0 Å².